The summed E-state index contributed by atoms with van der Waals surface area (Å²) in [5.74, 6) is 0.124. The lowest BCUT2D eigenvalue weighted by Crippen LogP contribution is -2.49. The summed E-state index contributed by atoms with van der Waals surface area (Å²) in [5.41, 5.74) is 6.61. The molecule has 0 spiro atoms. The van der Waals surface area contributed by atoms with E-state index < -0.39 is 0 Å². The summed E-state index contributed by atoms with van der Waals surface area (Å²) in [5, 5.41) is 0.736. The number of carbonyl (C=O) groups excluding carboxylic acids is 1. The number of amides is 1. The van der Waals surface area contributed by atoms with Gasteiger partial charge in [-0.15, -0.1) is 0 Å². The van der Waals surface area contributed by atoms with Crippen molar-refractivity contribution >= 4 is 28.8 Å². The van der Waals surface area contributed by atoms with Crippen molar-refractivity contribution in [2.75, 3.05) is 31.1 Å². The van der Waals surface area contributed by atoms with Crippen molar-refractivity contribution in [3.05, 3.63) is 100 Å². The summed E-state index contributed by atoms with van der Waals surface area (Å²) in [6.07, 6.45) is 4.41. The third-order valence-electron chi connectivity index (χ3n) is 6.80. The first-order valence-corrected chi connectivity index (χ1v) is 12.1. The molecule has 1 amide bonds. The first-order valence-electron chi connectivity index (χ1n) is 11.8. The number of halogens is 1. The average molecular weight is 473 g/mol. The molecule has 0 bridgehead atoms. The Balaban J connectivity index is 1.38. The minimum absolute atomic E-state index is 0.0580. The molecule has 1 fully saturated rings. The normalized spacial score (nSPS) is 15.0. The van der Waals surface area contributed by atoms with Crippen LogP contribution in [-0.4, -0.2) is 46.4 Å². The fraction of sp³-hybridized carbons (Fsp3) is 0.286. The molecule has 1 unspecified atom stereocenters. The maximum absolute atomic E-state index is 13.5. The van der Waals surface area contributed by atoms with Gasteiger partial charge in [-0.05, 0) is 60.9 Å². The molecule has 0 saturated carbocycles. The molecule has 2 aromatic heterocycles. The van der Waals surface area contributed by atoms with Gasteiger partial charge in [-0.25, -0.2) is 4.98 Å². The van der Waals surface area contributed by atoms with Gasteiger partial charge >= 0.3 is 0 Å². The Hall–Kier alpha value is -3.31. The van der Waals surface area contributed by atoms with Gasteiger partial charge < -0.3 is 14.2 Å². The van der Waals surface area contributed by atoms with Gasteiger partial charge in [0, 0.05) is 61.6 Å². The molecule has 5 rings (SSSR count). The van der Waals surface area contributed by atoms with Crippen LogP contribution in [-0.2, 0) is 4.79 Å². The number of aryl methyl sites for hydroxylation is 2. The Morgan fingerprint density at radius 1 is 1.00 bits per heavy atom. The molecule has 0 aliphatic carbocycles. The third kappa shape index (κ3) is 4.53. The monoisotopic (exact) mass is 472 g/mol. The smallest absolute Gasteiger partial charge is 0.223 e. The molecule has 1 atom stereocenters. The lowest BCUT2D eigenvalue weighted by atomic mass is 9.89. The van der Waals surface area contributed by atoms with E-state index in [2.05, 4.69) is 70.7 Å². The molecule has 1 saturated heterocycles. The van der Waals surface area contributed by atoms with Crippen LogP contribution in [0.3, 0.4) is 0 Å². The van der Waals surface area contributed by atoms with Crippen LogP contribution in [0, 0.1) is 13.8 Å². The molecule has 0 N–H and O–H groups in total. The Labute approximate surface area is 205 Å². The van der Waals surface area contributed by atoms with Crippen LogP contribution >= 0.6 is 11.6 Å². The van der Waals surface area contributed by atoms with Crippen molar-refractivity contribution in [3.63, 3.8) is 0 Å². The summed E-state index contributed by atoms with van der Waals surface area (Å²) in [6.45, 7) is 7.20. The van der Waals surface area contributed by atoms with Gasteiger partial charge in [0.15, 0.2) is 0 Å². The number of rotatable bonds is 5. The number of hydrogen-bond acceptors (Lipinski definition) is 3. The number of imidazole rings is 1. The lowest BCUT2D eigenvalue weighted by molar-refractivity contribution is -0.131. The van der Waals surface area contributed by atoms with Crippen molar-refractivity contribution in [2.45, 2.75) is 26.2 Å². The van der Waals surface area contributed by atoms with Gasteiger partial charge in [0.1, 0.15) is 5.65 Å². The average Bonchev–Trinajstić information content (AvgIpc) is 3.26. The van der Waals surface area contributed by atoms with E-state index in [1.807, 2.05) is 35.4 Å². The summed E-state index contributed by atoms with van der Waals surface area (Å²) < 4.78 is 2.12. The van der Waals surface area contributed by atoms with Gasteiger partial charge in [0.25, 0.3) is 0 Å². The molecular weight excluding hydrogens is 444 g/mol. The Morgan fingerprint density at radius 3 is 2.56 bits per heavy atom. The van der Waals surface area contributed by atoms with Crippen LogP contribution in [0.1, 0.15) is 34.7 Å². The topological polar surface area (TPSA) is 40.9 Å². The highest BCUT2D eigenvalue weighted by Gasteiger charge is 2.28. The number of nitrogens with zero attached hydrogens (tertiary/aromatic N) is 4. The second kappa shape index (κ2) is 9.51. The lowest BCUT2D eigenvalue weighted by Gasteiger charge is -2.37. The minimum Gasteiger partial charge on any atom is -0.368 e. The first kappa shape index (κ1) is 22.5. The fourth-order valence-electron chi connectivity index (χ4n) is 4.90. The van der Waals surface area contributed by atoms with Gasteiger partial charge in [-0.1, -0.05) is 41.9 Å². The quantitative estimate of drug-likeness (QED) is 0.386. The van der Waals surface area contributed by atoms with E-state index >= 15 is 0 Å². The highest BCUT2D eigenvalue weighted by atomic mass is 35.5. The summed E-state index contributed by atoms with van der Waals surface area (Å²) in [6, 6.07) is 20.4. The van der Waals surface area contributed by atoms with E-state index in [0.717, 1.165) is 35.1 Å². The molecule has 3 heterocycles. The highest BCUT2D eigenvalue weighted by molar-refractivity contribution is 6.30. The summed E-state index contributed by atoms with van der Waals surface area (Å²) in [7, 11) is 0. The first-order chi connectivity index (χ1) is 16.5. The van der Waals surface area contributed by atoms with Crippen LogP contribution in [0.5, 0.6) is 0 Å². The highest BCUT2D eigenvalue weighted by Crippen LogP contribution is 2.32. The fourth-order valence-corrected chi connectivity index (χ4v) is 5.09. The molecule has 5 nitrogen and oxygen atoms in total. The number of carbonyl (C=O) groups is 1. The van der Waals surface area contributed by atoms with Gasteiger partial charge in [0.05, 0.1) is 5.69 Å². The van der Waals surface area contributed by atoms with E-state index in [-0.39, 0.29) is 11.8 Å². The summed E-state index contributed by atoms with van der Waals surface area (Å²) >= 11 is 6.17. The van der Waals surface area contributed by atoms with Crippen molar-refractivity contribution in [1.29, 1.82) is 0 Å². The van der Waals surface area contributed by atoms with Crippen molar-refractivity contribution in [1.82, 2.24) is 14.3 Å². The molecule has 2 aromatic carbocycles. The Kier molecular flexibility index (Phi) is 6.29. The zero-order valence-corrected chi connectivity index (χ0v) is 20.4. The number of pyridine rings is 1. The largest absolute Gasteiger partial charge is 0.368 e. The van der Waals surface area contributed by atoms with Crippen LogP contribution in [0.4, 0.5) is 5.69 Å². The van der Waals surface area contributed by atoms with Crippen molar-refractivity contribution in [3.8, 4) is 0 Å². The zero-order chi connectivity index (χ0) is 23.7. The maximum atomic E-state index is 13.5. The number of hydrogen-bond donors (Lipinski definition) is 0. The van der Waals surface area contributed by atoms with E-state index in [1.165, 1.54) is 16.7 Å². The predicted octanol–water partition coefficient (Wildman–Crippen LogP) is 5.48. The minimum atomic E-state index is -0.0580. The SMILES string of the molecule is Cc1ccn2c(C(CC(=O)N3CCN(c4cccc(Cl)c4)CC3)c3ccccc3C)cnc2c1. The molecule has 1 aliphatic rings. The van der Waals surface area contributed by atoms with Gasteiger partial charge in [-0.2, -0.15) is 0 Å². The molecule has 0 radical (unpaired) electrons. The van der Waals surface area contributed by atoms with Gasteiger partial charge in [0.2, 0.25) is 5.91 Å². The molecule has 4 aromatic rings. The second-order valence-corrected chi connectivity index (χ2v) is 9.51. The van der Waals surface area contributed by atoms with E-state index in [1.54, 1.807) is 0 Å². The Bertz CT molecular complexity index is 1320. The van der Waals surface area contributed by atoms with Crippen LogP contribution in [0.25, 0.3) is 5.65 Å². The zero-order valence-electron chi connectivity index (χ0n) is 19.6. The third-order valence-corrected chi connectivity index (χ3v) is 7.04. The number of fused-ring (bicyclic) bond motifs is 1. The number of benzene rings is 2. The molecule has 6 heteroatoms. The predicted molar refractivity (Wildman–Crippen MR) is 138 cm³/mol. The molecule has 174 valence electrons. The number of anilines is 1. The number of piperazine rings is 1. The molecular formula is C28H29ClN4O. The molecule has 34 heavy (non-hydrogen) atoms. The standard InChI is InChI=1S/C28H29ClN4O/c1-20-10-11-33-26(19-30-27(33)16-20)25(24-9-4-3-6-21(24)2)18-28(34)32-14-12-31(13-15-32)23-8-5-7-22(29)17-23/h3-11,16-17,19,25H,12-15,18H2,1-2H3. The van der Waals surface area contributed by atoms with E-state index in [9.17, 15) is 4.79 Å². The maximum Gasteiger partial charge on any atom is 0.223 e. The summed E-state index contributed by atoms with van der Waals surface area (Å²) in [4.78, 5) is 22.5. The van der Waals surface area contributed by atoms with Crippen LogP contribution < -0.4 is 4.90 Å². The van der Waals surface area contributed by atoms with E-state index in [0.29, 0.717) is 19.5 Å². The van der Waals surface area contributed by atoms with Crippen LogP contribution in [0.15, 0.2) is 73.1 Å². The van der Waals surface area contributed by atoms with Crippen molar-refractivity contribution in [2.24, 2.45) is 0 Å². The number of aromatic nitrogens is 2. The van der Waals surface area contributed by atoms with Gasteiger partial charge in [-0.3, -0.25) is 4.79 Å². The Morgan fingerprint density at radius 2 is 1.79 bits per heavy atom. The van der Waals surface area contributed by atoms with Crippen molar-refractivity contribution < 1.29 is 4.79 Å². The van der Waals surface area contributed by atoms with Crippen LogP contribution in [0.2, 0.25) is 5.02 Å². The van der Waals surface area contributed by atoms with E-state index in [4.69, 9.17) is 11.6 Å². The molecule has 1 aliphatic heterocycles. The second-order valence-electron chi connectivity index (χ2n) is 9.08.